The fourth-order valence-electron chi connectivity index (χ4n) is 4.61. The van der Waals surface area contributed by atoms with Crippen LogP contribution in [0.15, 0.2) is 0 Å². The molecular formula is C21H36Br3O3P. The molecule has 0 aliphatic heterocycles. The normalized spacial score (nSPS) is 46.3. The van der Waals surface area contributed by atoms with Crippen LogP contribution in [0.3, 0.4) is 0 Å². The summed E-state index contributed by atoms with van der Waals surface area (Å²) in [7, 11) is -1.34. The van der Waals surface area contributed by atoms with Gasteiger partial charge in [-0.05, 0) is 75.5 Å². The lowest BCUT2D eigenvalue weighted by Gasteiger charge is -2.38. The zero-order chi connectivity index (χ0) is 20.3. The summed E-state index contributed by atoms with van der Waals surface area (Å²) in [6.45, 7) is 6.99. The largest absolute Gasteiger partial charge is 0.333 e. The summed E-state index contributed by atoms with van der Waals surface area (Å²) in [6.07, 6.45) is 11.0. The minimum Gasteiger partial charge on any atom is -0.308 e. The Labute approximate surface area is 198 Å². The van der Waals surface area contributed by atoms with E-state index in [-0.39, 0.29) is 18.3 Å². The highest BCUT2D eigenvalue weighted by Gasteiger charge is 2.38. The highest BCUT2D eigenvalue weighted by molar-refractivity contribution is 9.10. The van der Waals surface area contributed by atoms with Gasteiger partial charge in [0.15, 0.2) is 0 Å². The molecule has 3 fully saturated rings. The van der Waals surface area contributed by atoms with Crippen molar-refractivity contribution < 1.29 is 13.6 Å². The van der Waals surface area contributed by atoms with Crippen LogP contribution in [-0.2, 0) is 13.6 Å². The fourth-order valence-corrected chi connectivity index (χ4v) is 9.71. The Morgan fingerprint density at radius 1 is 0.536 bits per heavy atom. The molecule has 28 heavy (non-hydrogen) atoms. The molecule has 0 amide bonds. The number of hydrogen-bond acceptors (Lipinski definition) is 3. The predicted molar refractivity (Wildman–Crippen MR) is 129 cm³/mol. The van der Waals surface area contributed by atoms with Gasteiger partial charge in [0.1, 0.15) is 0 Å². The van der Waals surface area contributed by atoms with Crippen LogP contribution in [0.5, 0.6) is 0 Å². The SMILES string of the molecule is CC1CCC(OP(OC2CCC(C)CC2Br)OC2CCC(C)CC2Br)C(Br)C1. The van der Waals surface area contributed by atoms with Crippen LogP contribution < -0.4 is 0 Å². The highest BCUT2D eigenvalue weighted by atomic mass is 79.9. The maximum Gasteiger partial charge on any atom is 0.333 e. The Morgan fingerprint density at radius 3 is 1.07 bits per heavy atom. The van der Waals surface area contributed by atoms with Gasteiger partial charge in [0.2, 0.25) is 0 Å². The van der Waals surface area contributed by atoms with Crippen LogP contribution >= 0.6 is 56.4 Å². The molecule has 3 aliphatic rings. The third-order valence-corrected chi connectivity index (χ3v) is 10.8. The molecule has 9 atom stereocenters. The van der Waals surface area contributed by atoms with Crippen molar-refractivity contribution in [1.82, 2.24) is 0 Å². The minimum atomic E-state index is -1.34. The molecule has 7 heteroatoms. The summed E-state index contributed by atoms with van der Waals surface area (Å²) < 4.78 is 19.6. The van der Waals surface area contributed by atoms with Crippen molar-refractivity contribution in [3.8, 4) is 0 Å². The summed E-state index contributed by atoms with van der Waals surface area (Å²) in [5.74, 6) is 2.28. The van der Waals surface area contributed by atoms with Gasteiger partial charge in [0, 0.05) is 14.5 Å². The molecule has 0 aromatic heterocycles. The van der Waals surface area contributed by atoms with E-state index in [1.165, 1.54) is 19.3 Å². The summed E-state index contributed by atoms with van der Waals surface area (Å²) in [5, 5.41) is 0. The number of rotatable bonds is 6. The standard InChI is InChI=1S/C21H36Br3O3P/c1-13-4-7-19(16(22)10-13)25-28(26-20-8-5-14(2)11-17(20)23)27-21-9-6-15(3)12-18(21)24/h13-21H,4-12H2,1-3H3. The molecule has 0 heterocycles. The van der Waals surface area contributed by atoms with E-state index < -0.39 is 8.60 Å². The van der Waals surface area contributed by atoms with Gasteiger partial charge < -0.3 is 13.6 Å². The Bertz CT molecular complexity index is 419. The van der Waals surface area contributed by atoms with E-state index in [1.807, 2.05) is 0 Å². The number of alkyl halides is 3. The zero-order valence-corrected chi connectivity index (χ0v) is 23.0. The lowest BCUT2D eigenvalue weighted by Crippen LogP contribution is -2.35. The van der Waals surface area contributed by atoms with Crippen molar-refractivity contribution >= 4 is 56.4 Å². The summed E-state index contributed by atoms with van der Waals surface area (Å²) in [6, 6.07) is 0. The first-order chi connectivity index (χ1) is 13.3. The Balaban J connectivity index is 1.63. The molecule has 0 radical (unpaired) electrons. The maximum absolute atomic E-state index is 6.54. The second-order valence-corrected chi connectivity index (χ2v) is 14.1. The molecule has 0 bridgehead atoms. The van der Waals surface area contributed by atoms with Crippen molar-refractivity contribution in [1.29, 1.82) is 0 Å². The Hall–Kier alpha value is 1.75. The van der Waals surface area contributed by atoms with E-state index in [1.54, 1.807) is 0 Å². The molecular weight excluding hydrogens is 571 g/mol. The lowest BCUT2D eigenvalue weighted by molar-refractivity contribution is 0.0326. The molecule has 0 N–H and O–H groups in total. The van der Waals surface area contributed by atoms with E-state index in [0.29, 0.717) is 14.5 Å². The average Bonchev–Trinajstić information content (AvgIpc) is 2.62. The molecule has 3 nitrogen and oxygen atoms in total. The van der Waals surface area contributed by atoms with Gasteiger partial charge in [0.25, 0.3) is 0 Å². The van der Waals surface area contributed by atoms with E-state index in [9.17, 15) is 0 Å². The second-order valence-electron chi connectivity index (χ2n) is 9.46. The highest BCUT2D eigenvalue weighted by Crippen LogP contribution is 2.51. The van der Waals surface area contributed by atoms with Crippen LogP contribution in [-0.4, -0.2) is 32.8 Å². The molecule has 0 aromatic carbocycles. The first-order valence-corrected chi connectivity index (χ1v) is 14.9. The van der Waals surface area contributed by atoms with Gasteiger partial charge >= 0.3 is 8.60 Å². The van der Waals surface area contributed by atoms with Gasteiger partial charge in [0.05, 0.1) is 18.3 Å². The zero-order valence-electron chi connectivity index (χ0n) is 17.4. The second kappa shape index (κ2) is 11.6. The van der Waals surface area contributed by atoms with Crippen molar-refractivity contribution in [3.05, 3.63) is 0 Å². The smallest absolute Gasteiger partial charge is 0.308 e. The minimum absolute atomic E-state index is 0.190. The molecule has 0 aromatic rings. The van der Waals surface area contributed by atoms with E-state index in [0.717, 1.165) is 56.3 Å². The van der Waals surface area contributed by atoms with Crippen LogP contribution in [0.4, 0.5) is 0 Å². The first kappa shape index (κ1) is 24.4. The monoisotopic (exact) mass is 604 g/mol. The molecule has 3 saturated carbocycles. The van der Waals surface area contributed by atoms with Gasteiger partial charge in [-0.25, -0.2) is 0 Å². The van der Waals surface area contributed by atoms with E-state index in [2.05, 4.69) is 68.6 Å². The topological polar surface area (TPSA) is 27.7 Å². The maximum atomic E-state index is 6.54. The van der Waals surface area contributed by atoms with Crippen molar-refractivity contribution in [2.24, 2.45) is 17.8 Å². The van der Waals surface area contributed by atoms with Gasteiger partial charge in [-0.15, -0.1) is 0 Å². The van der Waals surface area contributed by atoms with Gasteiger partial charge in [-0.3, -0.25) is 0 Å². The van der Waals surface area contributed by atoms with Crippen molar-refractivity contribution in [2.45, 2.75) is 111 Å². The Kier molecular flexibility index (Phi) is 10.1. The van der Waals surface area contributed by atoms with Crippen LogP contribution in [0, 0.1) is 17.8 Å². The molecule has 3 aliphatic carbocycles. The summed E-state index contributed by atoms with van der Waals surface area (Å²) >= 11 is 11.6. The van der Waals surface area contributed by atoms with E-state index in [4.69, 9.17) is 13.6 Å². The van der Waals surface area contributed by atoms with Crippen LogP contribution in [0.25, 0.3) is 0 Å². The van der Waals surface area contributed by atoms with Crippen LogP contribution in [0.2, 0.25) is 0 Å². The third kappa shape index (κ3) is 7.14. The molecule has 164 valence electrons. The average molecular weight is 607 g/mol. The van der Waals surface area contributed by atoms with Crippen LogP contribution in [0.1, 0.15) is 78.6 Å². The lowest BCUT2D eigenvalue weighted by atomic mass is 9.89. The predicted octanol–water partition coefficient (Wildman–Crippen LogP) is 8.12. The van der Waals surface area contributed by atoms with E-state index >= 15 is 0 Å². The number of hydrogen-bond donors (Lipinski definition) is 0. The summed E-state index contributed by atoms with van der Waals surface area (Å²) in [4.78, 5) is 1.18. The fraction of sp³-hybridized carbons (Fsp3) is 1.00. The first-order valence-electron chi connectivity index (χ1n) is 11.0. The molecule has 9 unspecified atom stereocenters. The van der Waals surface area contributed by atoms with Gasteiger partial charge in [-0.2, -0.15) is 0 Å². The third-order valence-electron chi connectivity index (χ3n) is 6.59. The Morgan fingerprint density at radius 2 is 0.821 bits per heavy atom. The van der Waals surface area contributed by atoms with Gasteiger partial charge in [-0.1, -0.05) is 68.6 Å². The van der Waals surface area contributed by atoms with Crippen molar-refractivity contribution in [2.75, 3.05) is 0 Å². The van der Waals surface area contributed by atoms with Crippen molar-refractivity contribution in [3.63, 3.8) is 0 Å². The molecule has 0 saturated heterocycles. The molecule has 3 rings (SSSR count). The number of halogens is 3. The quantitative estimate of drug-likeness (QED) is 0.226. The summed E-state index contributed by atoms with van der Waals surface area (Å²) in [5.41, 5.74) is 0. The molecule has 0 spiro atoms.